The Morgan fingerprint density at radius 3 is 2.54 bits per heavy atom. The van der Waals surface area contributed by atoms with Crippen LogP contribution in [0.2, 0.25) is 0 Å². The molecule has 1 aromatic rings. The number of carboxylic acids is 1. The van der Waals surface area contributed by atoms with Gasteiger partial charge < -0.3 is 15.2 Å². The molecular formula is C17H14F2N2O6S. The summed E-state index contributed by atoms with van der Waals surface area (Å²) in [4.78, 5) is 48.2. The molecule has 2 aliphatic heterocycles. The van der Waals surface area contributed by atoms with Crippen molar-refractivity contribution in [1.29, 1.82) is 0 Å². The van der Waals surface area contributed by atoms with E-state index < -0.39 is 52.4 Å². The standard InChI is InChI=1S/C17H14F2N2O6S/c1-7(22)27-5-8-6-28-16-12(15(24)21(16)13(8)17(25)26)20-14(23)11-9(18)3-2-4-10(11)19/h2-4,12,16H,5-6H2,1H3,(H,20,23)(H,25,26). The second-order valence-corrected chi connectivity index (χ2v) is 7.10. The van der Waals surface area contributed by atoms with Gasteiger partial charge in [0.2, 0.25) is 0 Å². The van der Waals surface area contributed by atoms with Crippen molar-refractivity contribution in [2.45, 2.75) is 18.3 Å². The molecule has 0 saturated carbocycles. The van der Waals surface area contributed by atoms with Gasteiger partial charge in [-0.1, -0.05) is 6.07 Å². The Hall–Kier alpha value is -2.95. The van der Waals surface area contributed by atoms with Crippen LogP contribution in [0.1, 0.15) is 17.3 Å². The van der Waals surface area contributed by atoms with Gasteiger partial charge in [-0.25, -0.2) is 13.6 Å². The summed E-state index contributed by atoms with van der Waals surface area (Å²) in [6.07, 6.45) is 0. The largest absolute Gasteiger partial charge is 0.477 e. The van der Waals surface area contributed by atoms with Crippen molar-refractivity contribution in [3.63, 3.8) is 0 Å². The number of hydrogen-bond donors (Lipinski definition) is 2. The van der Waals surface area contributed by atoms with Gasteiger partial charge >= 0.3 is 11.9 Å². The Balaban J connectivity index is 1.79. The summed E-state index contributed by atoms with van der Waals surface area (Å²) in [5.41, 5.74) is -0.904. The van der Waals surface area contributed by atoms with Gasteiger partial charge in [0.1, 0.15) is 40.9 Å². The Bertz CT molecular complexity index is 899. The highest BCUT2D eigenvalue weighted by molar-refractivity contribution is 8.00. The van der Waals surface area contributed by atoms with Crippen molar-refractivity contribution in [1.82, 2.24) is 10.2 Å². The number of thioether (sulfide) groups is 1. The van der Waals surface area contributed by atoms with E-state index in [2.05, 4.69) is 5.32 Å². The second kappa shape index (κ2) is 7.58. The molecule has 2 atom stereocenters. The lowest BCUT2D eigenvalue weighted by Crippen LogP contribution is -2.70. The van der Waals surface area contributed by atoms with Gasteiger partial charge in [-0.3, -0.25) is 19.3 Å². The zero-order chi connectivity index (χ0) is 20.6. The van der Waals surface area contributed by atoms with E-state index >= 15 is 0 Å². The summed E-state index contributed by atoms with van der Waals surface area (Å²) in [7, 11) is 0. The molecule has 148 valence electrons. The van der Waals surface area contributed by atoms with Crippen molar-refractivity contribution in [2.75, 3.05) is 12.4 Å². The fourth-order valence-corrected chi connectivity index (χ4v) is 4.24. The molecule has 1 aromatic carbocycles. The summed E-state index contributed by atoms with van der Waals surface area (Å²) in [6, 6.07) is 1.79. The zero-order valence-corrected chi connectivity index (χ0v) is 15.2. The number of benzene rings is 1. The first-order valence-corrected chi connectivity index (χ1v) is 9.05. The number of nitrogens with one attached hydrogen (secondary N) is 1. The monoisotopic (exact) mass is 412 g/mol. The molecule has 2 N–H and O–H groups in total. The molecule has 0 spiro atoms. The van der Waals surface area contributed by atoms with E-state index in [0.717, 1.165) is 34.9 Å². The zero-order valence-electron chi connectivity index (χ0n) is 14.4. The number of esters is 1. The van der Waals surface area contributed by atoms with Crippen LogP contribution >= 0.6 is 11.8 Å². The third-order valence-electron chi connectivity index (χ3n) is 4.18. The van der Waals surface area contributed by atoms with Crippen molar-refractivity contribution >= 4 is 35.5 Å². The van der Waals surface area contributed by atoms with E-state index in [1.165, 1.54) is 6.92 Å². The van der Waals surface area contributed by atoms with Crippen LogP contribution < -0.4 is 5.32 Å². The average molecular weight is 412 g/mol. The Kier molecular flexibility index (Phi) is 5.36. The molecule has 28 heavy (non-hydrogen) atoms. The van der Waals surface area contributed by atoms with Crippen LogP contribution in [0.25, 0.3) is 0 Å². The first-order chi connectivity index (χ1) is 13.2. The Labute approximate surface area is 161 Å². The molecule has 2 heterocycles. The molecule has 2 aliphatic rings. The summed E-state index contributed by atoms with van der Waals surface area (Å²) in [5.74, 6) is -5.84. The highest BCUT2D eigenvalue weighted by atomic mass is 32.2. The Morgan fingerprint density at radius 1 is 1.32 bits per heavy atom. The number of nitrogens with zero attached hydrogens (tertiary/aromatic N) is 1. The van der Waals surface area contributed by atoms with E-state index in [-0.39, 0.29) is 23.6 Å². The molecule has 11 heteroatoms. The quantitative estimate of drug-likeness (QED) is 0.545. The van der Waals surface area contributed by atoms with Crippen molar-refractivity contribution in [3.8, 4) is 0 Å². The minimum absolute atomic E-state index is 0.143. The molecule has 3 rings (SSSR count). The van der Waals surface area contributed by atoms with Crippen LogP contribution in [0.5, 0.6) is 0 Å². The molecular weight excluding hydrogens is 398 g/mol. The van der Waals surface area contributed by atoms with Gasteiger partial charge in [0.05, 0.1) is 0 Å². The van der Waals surface area contributed by atoms with E-state index in [9.17, 15) is 33.1 Å². The maximum atomic E-state index is 13.7. The van der Waals surface area contributed by atoms with E-state index in [1.54, 1.807) is 0 Å². The molecule has 0 aromatic heterocycles. The van der Waals surface area contributed by atoms with E-state index in [4.69, 9.17) is 4.74 Å². The predicted molar refractivity (Wildman–Crippen MR) is 92.0 cm³/mol. The van der Waals surface area contributed by atoms with Crippen LogP contribution in [0, 0.1) is 11.6 Å². The molecule has 0 aliphatic carbocycles. The number of rotatable bonds is 5. The highest BCUT2D eigenvalue weighted by Gasteiger charge is 2.54. The summed E-state index contributed by atoms with van der Waals surface area (Å²) in [6.45, 7) is 0.889. The second-order valence-electron chi connectivity index (χ2n) is 6.00. The molecule has 1 fully saturated rings. The number of carbonyl (C=O) groups excluding carboxylic acids is 3. The SMILES string of the molecule is CC(=O)OCC1=C(C(=O)O)N2C(=O)C(NC(=O)c3c(F)cccc3F)C2SC1. The van der Waals surface area contributed by atoms with Crippen LogP contribution in [0.4, 0.5) is 8.78 Å². The molecule has 2 amide bonds. The summed E-state index contributed by atoms with van der Waals surface area (Å²) in [5, 5.41) is 10.9. The fraction of sp³-hybridized carbons (Fsp3) is 0.294. The number of aliphatic carboxylic acids is 1. The van der Waals surface area contributed by atoms with Gasteiger partial charge in [-0.2, -0.15) is 0 Å². The van der Waals surface area contributed by atoms with Gasteiger partial charge in [0, 0.05) is 18.2 Å². The minimum Gasteiger partial charge on any atom is -0.477 e. The Morgan fingerprint density at radius 2 is 1.96 bits per heavy atom. The number of hydrogen-bond acceptors (Lipinski definition) is 6. The summed E-state index contributed by atoms with van der Waals surface area (Å²) < 4.78 is 32.3. The first kappa shape index (κ1) is 19.8. The highest BCUT2D eigenvalue weighted by Crippen LogP contribution is 2.40. The van der Waals surface area contributed by atoms with Crippen LogP contribution in [0.15, 0.2) is 29.5 Å². The molecule has 0 radical (unpaired) electrons. The van der Waals surface area contributed by atoms with E-state index in [0.29, 0.717) is 0 Å². The molecule has 0 bridgehead atoms. The van der Waals surface area contributed by atoms with Crippen molar-refractivity contribution in [3.05, 3.63) is 46.7 Å². The smallest absolute Gasteiger partial charge is 0.352 e. The van der Waals surface area contributed by atoms with Crippen molar-refractivity contribution in [2.24, 2.45) is 0 Å². The normalized spacial score (nSPS) is 21.0. The molecule has 2 unspecified atom stereocenters. The maximum Gasteiger partial charge on any atom is 0.352 e. The maximum absolute atomic E-state index is 13.7. The van der Waals surface area contributed by atoms with Crippen LogP contribution in [-0.4, -0.2) is 57.5 Å². The molecule has 1 saturated heterocycles. The number of carboxylic acid groups (broad SMARTS) is 1. The number of ether oxygens (including phenoxy) is 1. The minimum atomic E-state index is -1.38. The summed E-state index contributed by atoms with van der Waals surface area (Å²) >= 11 is 1.14. The lowest BCUT2D eigenvalue weighted by Gasteiger charge is -2.49. The number of β-lactam (4-membered cyclic amide) rings is 1. The number of halogens is 2. The van der Waals surface area contributed by atoms with Gasteiger partial charge in [0.25, 0.3) is 11.8 Å². The number of amides is 2. The first-order valence-electron chi connectivity index (χ1n) is 8.00. The van der Waals surface area contributed by atoms with Crippen LogP contribution in [0.3, 0.4) is 0 Å². The third kappa shape index (κ3) is 3.44. The fourth-order valence-electron chi connectivity index (χ4n) is 2.91. The lowest BCUT2D eigenvalue weighted by atomic mass is 10.0. The average Bonchev–Trinajstić information content (AvgIpc) is 2.63. The lowest BCUT2D eigenvalue weighted by molar-refractivity contribution is -0.149. The third-order valence-corrected chi connectivity index (χ3v) is 5.52. The van der Waals surface area contributed by atoms with Gasteiger partial charge in [0.15, 0.2) is 0 Å². The topological polar surface area (TPSA) is 113 Å². The van der Waals surface area contributed by atoms with Crippen molar-refractivity contribution < 1.29 is 37.8 Å². The van der Waals surface area contributed by atoms with E-state index in [1.807, 2.05) is 0 Å². The predicted octanol–water partition coefficient (Wildman–Crippen LogP) is 0.880. The molecule has 8 nitrogen and oxygen atoms in total. The van der Waals surface area contributed by atoms with Crippen LogP contribution in [-0.2, 0) is 19.1 Å². The van der Waals surface area contributed by atoms with Gasteiger partial charge in [-0.15, -0.1) is 11.8 Å². The van der Waals surface area contributed by atoms with Gasteiger partial charge in [-0.05, 0) is 12.1 Å². The number of carbonyl (C=O) groups is 4. The number of fused-ring (bicyclic) bond motifs is 1.